The number of nitrogen functional groups attached to an aromatic ring is 1. The van der Waals surface area contributed by atoms with Crippen molar-refractivity contribution in [3.8, 4) is 0 Å². The first kappa shape index (κ1) is 15.1. The maximum atomic E-state index is 12.1. The minimum atomic E-state index is -0.267. The number of rotatable bonds is 5. The van der Waals surface area contributed by atoms with Crippen LogP contribution in [0.1, 0.15) is 35.8 Å². The molecule has 1 aliphatic heterocycles. The molecule has 118 valence electrons. The predicted octanol–water partition coefficient (Wildman–Crippen LogP) is 1.79. The lowest BCUT2D eigenvalue weighted by molar-refractivity contribution is -0.115. The molecular weight excluding hydrogens is 296 g/mol. The maximum absolute atomic E-state index is 12.1. The highest BCUT2D eigenvalue weighted by molar-refractivity contribution is 6.18. The first-order valence-electron chi connectivity index (χ1n) is 7.30. The Morgan fingerprint density at radius 1 is 1.35 bits per heavy atom. The second-order valence-electron chi connectivity index (χ2n) is 5.24. The van der Waals surface area contributed by atoms with Crippen molar-refractivity contribution in [2.75, 3.05) is 17.7 Å². The van der Waals surface area contributed by atoms with E-state index < -0.39 is 0 Å². The van der Waals surface area contributed by atoms with Crippen molar-refractivity contribution in [1.29, 1.82) is 0 Å². The second kappa shape index (κ2) is 5.77. The Morgan fingerprint density at radius 2 is 2.13 bits per heavy atom. The maximum Gasteiger partial charge on any atom is 0.224 e. The second-order valence-corrected chi connectivity index (χ2v) is 5.24. The molecule has 7 nitrogen and oxygen atoms in total. The molecule has 0 spiro atoms. The van der Waals surface area contributed by atoms with Crippen molar-refractivity contribution in [3.05, 3.63) is 23.4 Å². The van der Waals surface area contributed by atoms with Gasteiger partial charge in [0.2, 0.25) is 5.91 Å². The number of carbonyl (C=O) groups excluding carboxylic acids is 2. The number of aliphatic imine (C=N–C) groups is 1. The summed E-state index contributed by atoms with van der Waals surface area (Å²) in [5, 5.41) is 12.4. The molecule has 1 amide bonds. The summed E-state index contributed by atoms with van der Waals surface area (Å²) in [6.45, 7) is 1.50. The number of benzene rings is 1. The molecule has 0 bridgehead atoms. The zero-order chi connectivity index (χ0) is 16.6. The van der Waals surface area contributed by atoms with Gasteiger partial charge < -0.3 is 16.2 Å². The number of carbonyl (C=O) groups is 2. The Morgan fingerprint density at radius 3 is 2.83 bits per heavy atom. The van der Waals surface area contributed by atoms with Gasteiger partial charge in [-0.1, -0.05) is 6.92 Å². The molecule has 2 heterocycles. The summed E-state index contributed by atoms with van der Waals surface area (Å²) in [5.74, 6) is -0.439. The fraction of sp³-hybridized carbons (Fsp3) is 0.250. The Hall–Kier alpha value is -2.80. The number of nitrogens with one attached hydrogen (secondary N) is 1. The van der Waals surface area contributed by atoms with E-state index in [0.717, 1.165) is 10.9 Å². The van der Waals surface area contributed by atoms with Gasteiger partial charge >= 0.3 is 0 Å². The van der Waals surface area contributed by atoms with E-state index >= 15 is 0 Å². The number of ketones is 1. The number of Topliss-reactive ketones (excluding diaryl/α,β-unsaturated/α-hetero) is 1. The number of nitrogens with two attached hydrogens (primary N) is 1. The van der Waals surface area contributed by atoms with Crippen molar-refractivity contribution >= 4 is 45.9 Å². The van der Waals surface area contributed by atoms with Crippen molar-refractivity contribution in [2.24, 2.45) is 4.99 Å². The SMILES string of the molecule is CCC(=O)Nc1cc(N)c2c3c(cc(C(=O)CCO)nc13)C=N2. The molecule has 0 saturated carbocycles. The lowest BCUT2D eigenvalue weighted by Crippen LogP contribution is -2.12. The Balaban J connectivity index is 2.23. The van der Waals surface area contributed by atoms with E-state index in [9.17, 15) is 9.59 Å². The Bertz CT molecular complexity index is 858. The highest BCUT2D eigenvalue weighted by Crippen LogP contribution is 2.41. The molecule has 0 fully saturated rings. The van der Waals surface area contributed by atoms with Crippen molar-refractivity contribution in [3.63, 3.8) is 0 Å². The van der Waals surface area contributed by atoms with Gasteiger partial charge in [-0.15, -0.1) is 0 Å². The van der Waals surface area contributed by atoms with Crippen LogP contribution in [0.2, 0.25) is 0 Å². The van der Waals surface area contributed by atoms with E-state index in [-0.39, 0.29) is 30.4 Å². The average Bonchev–Trinajstić information content (AvgIpc) is 2.97. The first-order chi connectivity index (χ1) is 11.0. The van der Waals surface area contributed by atoms with Crippen molar-refractivity contribution < 1.29 is 14.7 Å². The average molecular weight is 312 g/mol. The molecule has 0 radical (unpaired) electrons. The molecule has 2 aromatic rings. The van der Waals surface area contributed by atoms with Gasteiger partial charge in [0.1, 0.15) is 5.69 Å². The third-order valence-corrected chi connectivity index (χ3v) is 3.67. The third kappa shape index (κ3) is 2.55. The van der Waals surface area contributed by atoms with Crippen LogP contribution in [0.3, 0.4) is 0 Å². The van der Waals surface area contributed by atoms with E-state index in [2.05, 4.69) is 15.3 Å². The number of aliphatic hydroxyl groups is 1. The molecule has 4 N–H and O–H groups in total. The summed E-state index contributed by atoms with van der Waals surface area (Å²) >= 11 is 0. The van der Waals surface area contributed by atoms with Crippen LogP contribution in [0.4, 0.5) is 17.1 Å². The number of amides is 1. The molecule has 1 aromatic carbocycles. The zero-order valence-electron chi connectivity index (χ0n) is 12.6. The van der Waals surface area contributed by atoms with Gasteiger partial charge in [0.15, 0.2) is 5.78 Å². The number of aliphatic hydroxyl groups excluding tert-OH is 1. The van der Waals surface area contributed by atoms with Gasteiger partial charge in [0.25, 0.3) is 0 Å². The summed E-state index contributed by atoms with van der Waals surface area (Å²) < 4.78 is 0. The number of pyridine rings is 1. The van der Waals surface area contributed by atoms with Crippen LogP contribution in [-0.4, -0.2) is 34.6 Å². The van der Waals surface area contributed by atoms with E-state index in [0.29, 0.717) is 29.0 Å². The molecular formula is C16H16N4O3. The Kier molecular flexibility index (Phi) is 3.79. The molecule has 0 unspecified atom stereocenters. The fourth-order valence-corrected chi connectivity index (χ4v) is 2.53. The van der Waals surface area contributed by atoms with Crippen LogP contribution in [0.25, 0.3) is 10.9 Å². The van der Waals surface area contributed by atoms with Gasteiger partial charge in [-0.3, -0.25) is 14.6 Å². The van der Waals surface area contributed by atoms with Crippen LogP contribution >= 0.6 is 0 Å². The highest BCUT2D eigenvalue weighted by Gasteiger charge is 2.21. The minimum absolute atomic E-state index is 0.00638. The molecule has 0 atom stereocenters. The first-order valence-corrected chi connectivity index (χ1v) is 7.30. The van der Waals surface area contributed by atoms with Gasteiger partial charge in [-0.25, -0.2) is 4.98 Å². The van der Waals surface area contributed by atoms with Crippen molar-refractivity contribution in [1.82, 2.24) is 4.98 Å². The van der Waals surface area contributed by atoms with Crippen LogP contribution < -0.4 is 11.1 Å². The summed E-state index contributed by atoms with van der Waals surface area (Å²) in [6.07, 6.45) is 1.93. The van der Waals surface area contributed by atoms with Gasteiger partial charge in [-0.05, 0) is 12.1 Å². The predicted molar refractivity (Wildman–Crippen MR) is 88.4 cm³/mol. The quantitative estimate of drug-likeness (QED) is 0.490. The largest absolute Gasteiger partial charge is 0.397 e. The molecule has 7 heteroatoms. The molecule has 1 aliphatic rings. The lowest BCUT2D eigenvalue weighted by Gasteiger charge is -2.12. The van der Waals surface area contributed by atoms with Gasteiger partial charge in [0, 0.05) is 30.0 Å². The number of hydrogen-bond acceptors (Lipinski definition) is 6. The van der Waals surface area contributed by atoms with Crippen LogP contribution in [-0.2, 0) is 4.79 Å². The third-order valence-electron chi connectivity index (χ3n) is 3.67. The minimum Gasteiger partial charge on any atom is -0.397 e. The number of anilines is 2. The summed E-state index contributed by atoms with van der Waals surface area (Å²) in [6, 6.07) is 3.23. The smallest absolute Gasteiger partial charge is 0.224 e. The molecule has 1 aromatic heterocycles. The van der Waals surface area contributed by atoms with E-state index in [1.54, 1.807) is 25.3 Å². The highest BCUT2D eigenvalue weighted by atomic mass is 16.3. The molecule has 0 aliphatic carbocycles. The summed E-state index contributed by atoms with van der Waals surface area (Å²) in [5.41, 5.74) is 8.93. The van der Waals surface area contributed by atoms with E-state index in [1.807, 2.05) is 0 Å². The van der Waals surface area contributed by atoms with Crippen LogP contribution in [0.5, 0.6) is 0 Å². The standard InChI is InChI=1S/C16H16N4O3/c1-2-13(23)19-11-6-9(17)15-14-8(7-18-15)5-10(20-16(11)14)12(22)3-4-21/h5-7,21H,2-4,17H2,1H3,(H,19,23). The molecule has 3 rings (SSSR count). The van der Waals surface area contributed by atoms with E-state index in [1.165, 1.54) is 0 Å². The zero-order valence-corrected chi connectivity index (χ0v) is 12.6. The summed E-state index contributed by atoms with van der Waals surface area (Å²) in [4.78, 5) is 32.4. The number of aromatic nitrogens is 1. The topological polar surface area (TPSA) is 118 Å². The van der Waals surface area contributed by atoms with Crippen LogP contribution in [0, 0.1) is 0 Å². The monoisotopic (exact) mass is 312 g/mol. The van der Waals surface area contributed by atoms with Gasteiger partial charge in [-0.2, -0.15) is 0 Å². The number of nitrogens with zero attached hydrogens (tertiary/aromatic N) is 2. The Labute approximate surface area is 132 Å². The fourth-order valence-electron chi connectivity index (χ4n) is 2.53. The van der Waals surface area contributed by atoms with Crippen molar-refractivity contribution in [2.45, 2.75) is 19.8 Å². The van der Waals surface area contributed by atoms with E-state index in [4.69, 9.17) is 10.8 Å². The van der Waals surface area contributed by atoms with Crippen LogP contribution in [0.15, 0.2) is 17.1 Å². The number of hydrogen-bond donors (Lipinski definition) is 3. The normalized spacial score (nSPS) is 11.9. The summed E-state index contributed by atoms with van der Waals surface area (Å²) in [7, 11) is 0. The lowest BCUT2D eigenvalue weighted by atomic mass is 10.0. The molecule has 23 heavy (non-hydrogen) atoms. The van der Waals surface area contributed by atoms with Gasteiger partial charge in [0.05, 0.1) is 29.2 Å². The molecule has 0 saturated heterocycles.